The lowest BCUT2D eigenvalue weighted by molar-refractivity contribution is 0.0923. The molecule has 0 spiro atoms. The molecule has 2 aliphatic carbocycles. The molecule has 2 fully saturated rings. The van der Waals surface area contributed by atoms with Gasteiger partial charge < -0.3 is 10.2 Å². The van der Waals surface area contributed by atoms with Gasteiger partial charge in [-0.2, -0.15) is 0 Å². The number of phenols is 2. The largest absolute Gasteiger partial charge is 0.504 e. The van der Waals surface area contributed by atoms with Crippen LogP contribution in [0, 0.1) is 11.8 Å². The number of hydrogen-bond acceptors (Lipinski definition) is 4. The number of carbonyl (C=O) groups excluding carboxylic acids is 1. The SMILES string of the molecule is O=C(CN(CC1CC1)CC1CC1)c1ccc(O)c(O)c1. The number of phenolic OH excluding ortho intramolecular Hbond substituents is 2. The molecule has 4 heteroatoms. The molecule has 0 radical (unpaired) electrons. The van der Waals surface area contributed by atoms with Crippen LogP contribution in [0.1, 0.15) is 36.0 Å². The summed E-state index contributed by atoms with van der Waals surface area (Å²) >= 11 is 0. The lowest BCUT2D eigenvalue weighted by Gasteiger charge is -2.21. The summed E-state index contributed by atoms with van der Waals surface area (Å²) in [6.45, 7) is 2.45. The van der Waals surface area contributed by atoms with E-state index in [0.29, 0.717) is 12.1 Å². The Hall–Kier alpha value is -1.55. The van der Waals surface area contributed by atoms with Gasteiger partial charge in [0.2, 0.25) is 0 Å². The Labute approximate surface area is 119 Å². The van der Waals surface area contributed by atoms with Crippen molar-refractivity contribution in [3.05, 3.63) is 23.8 Å². The third kappa shape index (κ3) is 3.51. The van der Waals surface area contributed by atoms with Gasteiger partial charge in [0.05, 0.1) is 6.54 Å². The lowest BCUT2D eigenvalue weighted by atomic mass is 10.1. The number of nitrogens with zero attached hydrogens (tertiary/aromatic N) is 1. The van der Waals surface area contributed by atoms with Gasteiger partial charge in [-0.05, 0) is 55.7 Å². The molecule has 2 N–H and O–H groups in total. The Morgan fingerprint density at radius 1 is 1.05 bits per heavy atom. The van der Waals surface area contributed by atoms with Gasteiger partial charge in [-0.3, -0.25) is 9.69 Å². The maximum absolute atomic E-state index is 12.3. The Bertz CT molecular complexity index is 492. The summed E-state index contributed by atoms with van der Waals surface area (Å²) in [6.07, 6.45) is 5.15. The highest BCUT2D eigenvalue weighted by atomic mass is 16.3. The summed E-state index contributed by atoms with van der Waals surface area (Å²) in [5.74, 6) is 1.15. The van der Waals surface area contributed by atoms with Crippen LogP contribution in [0.4, 0.5) is 0 Å². The summed E-state index contributed by atoms with van der Waals surface area (Å²) in [5, 5.41) is 18.8. The minimum Gasteiger partial charge on any atom is -0.504 e. The smallest absolute Gasteiger partial charge is 0.176 e. The Kier molecular flexibility index (Phi) is 3.66. The fourth-order valence-electron chi connectivity index (χ4n) is 2.53. The first-order valence-electron chi connectivity index (χ1n) is 7.39. The molecule has 0 bridgehead atoms. The predicted molar refractivity (Wildman–Crippen MR) is 76.0 cm³/mol. The van der Waals surface area contributed by atoms with E-state index in [0.717, 1.165) is 24.9 Å². The molecular formula is C16H21NO3. The molecule has 20 heavy (non-hydrogen) atoms. The summed E-state index contributed by atoms with van der Waals surface area (Å²) in [7, 11) is 0. The Morgan fingerprint density at radius 3 is 2.15 bits per heavy atom. The van der Waals surface area contributed by atoms with Crippen molar-refractivity contribution in [1.82, 2.24) is 4.90 Å². The highest BCUT2D eigenvalue weighted by Crippen LogP contribution is 2.34. The minimum absolute atomic E-state index is 0.0154. The first-order valence-corrected chi connectivity index (χ1v) is 7.39. The van der Waals surface area contributed by atoms with E-state index in [1.54, 1.807) is 6.07 Å². The van der Waals surface area contributed by atoms with Gasteiger partial charge in [0.1, 0.15) is 0 Å². The second-order valence-electron chi connectivity index (χ2n) is 6.21. The number of ketones is 1. The molecule has 2 saturated carbocycles. The number of Topliss-reactive ketones (excluding diaryl/α,β-unsaturated/α-hetero) is 1. The molecule has 0 aliphatic heterocycles. The highest BCUT2D eigenvalue weighted by molar-refractivity contribution is 5.98. The number of carbonyl (C=O) groups is 1. The summed E-state index contributed by atoms with van der Waals surface area (Å²) in [6, 6.07) is 4.29. The summed E-state index contributed by atoms with van der Waals surface area (Å²) in [4.78, 5) is 14.6. The van der Waals surface area contributed by atoms with Crippen molar-refractivity contribution in [1.29, 1.82) is 0 Å². The normalized spacial score (nSPS) is 18.4. The zero-order chi connectivity index (χ0) is 14.1. The standard InChI is InChI=1S/C16H21NO3/c18-14-6-5-13(7-15(14)19)16(20)10-17(8-11-1-2-11)9-12-3-4-12/h5-7,11-12,18-19H,1-4,8-10H2. The summed E-state index contributed by atoms with van der Waals surface area (Å²) < 4.78 is 0. The molecule has 1 aromatic carbocycles. The predicted octanol–water partition coefficient (Wildman–Crippen LogP) is 2.40. The van der Waals surface area contributed by atoms with Crippen molar-refractivity contribution in [3.8, 4) is 11.5 Å². The van der Waals surface area contributed by atoms with Crippen LogP contribution in [0.5, 0.6) is 11.5 Å². The first kappa shape index (κ1) is 13.4. The van der Waals surface area contributed by atoms with E-state index in [1.165, 1.54) is 37.8 Å². The number of benzene rings is 1. The molecule has 4 nitrogen and oxygen atoms in total. The van der Waals surface area contributed by atoms with Crippen LogP contribution in [0.3, 0.4) is 0 Å². The first-order chi connectivity index (χ1) is 9.61. The van der Waals surface area contributed by atoms with Crippen LogP contribution < -0.4 is 0 Å². The van der Waals surface area contributed by atoms with Crippen molar-refractivity contribution in [3.63, 3.8) is 0 Å². The molecule has 0 atom stereocenters. The van der Waals surface area contributed by atoms with Gasteiger partial charge in [-0.15, -0.1) is 0 Å². The van der Waals surface area contributed by atoms with Gasteiger partial charge in [-0.1, -0.05) is 0 Å². The second kappa shape index (κ2) is 5.44. The van der Waals surface area contributed by atoms with E-state index in [-0.39, 0.29) is 17.3 Å². The molecule has 2 aliphatic rings. The zero-order valence-electron chi connectivity index (χ0n) is 11.6. The van der Waals surface area contributed by atoms with Crippen molar-refractivity contribution < 1.29 is 15.0 Å². The average Bonchev–Trinajstić information content (AvgIpc) is 3.28. The van der Waals surface area contributed by atoms with Crippen LogP contribution >= 0.6 is 0 Å². The molecule has 0 saturated heterocycles. The van der Waals surface area contributed by atoms with E-state index in [9.17, 15) is 15.0 Å². The van der Waals surface area contributed by atoms with Gasteiger partial charge in [0.15, 0.2) is 17.3 Å². The lowest BCUT2D eigenvalue weighted by Crippen LogP contribution is -2.33. The molecule has 3 rings (SSSR count). The number of aromatic hydroxyl groups is 2. The van der Waals surface area contributed by atoms with E-state index in [1.807, 2.05) is 0 Å². The van der Waals surface area contributed by atoms with Gasteiger partial charge >= 0.3 is 0 Å². The zero-order valence-corrected chi connectivity index (χ0v) is 11.6. The Balaban J connectivity index is 1.62. The molecular weight excluding hydrogens is 254 g/mol. The third-order valence-corrected chi connectivity index (χ3v) is 4.09. The van der Waals surface area contributed by atoms with Crippen molar-refractivity contribution >= 4 is 5.78 Å². The van der Waals surface area contributed by atoms with Crippen LogP contribution in [0.15, 0.2) is 18.2 Å². The quantitative estimate of drug-likeness (QED) is 0.592. The van der Waals surface area contributed by atoms with Gasteiger partial charge in [-0.25, -0.2) is 0 Å². The number of rotatable bonds is 7. The summed E-state index contributed by atoms with van der Waals surface area (Å²) in [5.41, 5.74) is 0.469. The van der Waals surface area contributed by atoms with Gasteiger partial charge in [0.25, 0.3) is 0 Å². The fourth-order valence-corrected chi connectivity index (χ4v) is 2.53. The third-order valence-electron chi connectivity index (χ3n) is 4.09. The van der Waals surface area contributed by atoms with Gasteiger partial charge in [0, 0.05) is 18.7 Å². The van der Waals surface area contributed by atoms with E-state index < -0.39 is 0 Å². The van der Waals surface area contributed by atoms with Crippen molar-refractivity contribution in [2.45, 2.75) is 25.7 Å². The van der Waals surface area contributed by atoms with Crippen molar-refractivity contribution in [2.75, 3.05) is 19.6 Å². The molecule has 108 valence electrons. The Morgan fingerprint density at radius 2 is 1.65 bits per heavy atom. The maximum atomic E-state index is 12.3. The fraction of sp³-hybridized carbons (Fsp3) is 0.562. The average molecular weight is 275 g/mol. The molecule has 0 unspecified atom stereocenters. The minimum atomic E-state index is -0.230. The monoisotopic (exact) mass is 275 g/mol. The second-order valence-corrected chi connectivity index (χ2v) is 6.21. The molecule has 0 heterocycles. The van der Waals surface area contributed by atoms with Crippen LogP contribution in [0.25, 0.3) is 0 Å². The van der Waals surface area contributed by atoms with E-state index >= 15 is 0 Å². The molecule has 0 aromatic heterocycles. The topological polar surface area (TPSA) is 60.8 Å². The van der Waals surface area contributed by atoms with Crippen LogP contribution in [0.2, 0.25) is 0 Å². The van der Waals surface area contributed by atoms with Crippen LogP contribution in [-0.4, -0.2) is 40.5 Å². The molecule has 1 aromatic rings. The molecule has 0 amide bonds. The van der Waals surface area contributed by atoms with E-state index in [2.05, 4.69) is 4.90 Å². The number of hydrogen-bond donors (Lipinski definition) is 2. The highest BCUT2D eigenvalue weighted by Gasteiger charge is 2.30. The van der Waals surface area contributed by atoms with Crippen LogP contribution in [-0.2, 0) is 0 Å². The van der Waals surface area contributed by atoms with Crippen molar-refractivity contribution in [2.24, 2.45) is 11.8 Å². The maximum Gasteiger partial charge on any atom is 0.176 e. The van der Waals surface area contributed by atoms with E-state index in [4.69, 9.17) is 0 Å².